The zero-order chi connectivity index (χ0) is 17.5. The van der Waals surface area contributed by atoms with Crippen molar-refractivity contribution in [3.8, 4) is 5.75 Å². The van der Waals surface area contributed by atoms with Gasteiger partial charge < -0.3 is 9.84 Å². The largest absolute Gasteiger partial charge is 0.483 e. The number of para-hydroxylation sites is 1. The van der Waals surface area contributed by atoms with Crippen molar-refractivity contribution in [3.63, 3.8) is 0 Å². The van der Waals surface area contributed by atoms with E-state index in [1.54, 1.807) is 18.2 Å². The van der Waals surface area contributed by atoms with E-state index in [0.29, 0.717) is 0 Å². The number of aliphatic hydroxyl groups excluding tert-OH is 1. The fourth-order valence-corrected chi connectivity index (χ4v) is 2.66. The molecule has 1 aromatic carbocycles. The Morgan fingerprint density at radius 1 is 1.38 bits per heavy atom. The molecular formula is C16H13ClF2N2O3. The van der Waals surface area contributed by atoms with Gasteiger partial charge in [-0.1, -0.05) is 23.7 Å². The Labute approximate surface area is 141 Å². The highest BCUT2D eigenvalue weighted by molar-refractivity contribution is 6.31. The zero-order valence-corrected chi connectivity index (χ0v) is 13.3. The maximum atomic E-state index is 14.0. The number of aromatic nitrogens is 1. The first-order valence-electron chi connectivity index (χ1n) is 7.10. The number of rotatable bonds is 3. The second kappa shape index (κ2) is 5.99. The van der Waals surface area contributed by atoms with Gasteiger partial charge in [0.2, 0.25) is 0 Å². The standard InChI is InChI=1S/C16H13ClF2N2O3/c1-9(22)10-4-2-6-13-14(10)24-16(18,19)15(23)21(13)8-12-11(17)5-3-7-20-12/h2-7,9,22H,8H2,1H3. The molecule has 126 valence electrons. The second-order valence-electron chi connectivity index (χ2n) is 5.31. The monoisotopic (exact) mass is 354 g/mol. The van der Waals surface area contributed by atoms with Crippen molar-refractivity contribution in [1.82, 2.24) is 4.98 Å². The van der Waals surface area contributed by atoms with Crippen molar-refractivity contribution in [2.45, 2.75) is 25.7 Å². The van der Waals surface area contributed by atoms with E-state index in [2.05, 4.69) is 9.72 Å². The molecule has 1 unspecified atom stereocenters. The number of ether oxygens (including phenoxy) is 1. The molecule has 1 amide bonds. The average Bonchev–Trinajstić information content (AvgIpc) is 2.52. The summed E-state index contributed by atoms with van der Waals surface area (Å²) in [5.74, 6) is -1.75. The van der Waals surface area contributed by atoms with Crippen molar-refractivity contribution in [3.05, 3.63) is 52.8 Å². The minimum atomic E-state index is -4.04. The van der Waals surface area contributed by atoms with Crippen molar-refractivity contribution in [2.24, 2.45) is 0 Å². The molecule has 24 heavy (non-hydrogen) atoms. The van der Waals surface area contributed by atoms with Gasteiger partial charge in [-0.15, -0.1) is 0 Å². The fraction of sp³-hybridized carbons (Fsp3) is 0.250. The van der Waals surface area contributed by atoms with Crippen LogP contribution in [-0.2, 0) is 11.3 Å². The van der Waals surface area contributed by atoms with Crippen molar-refractivity contribution < 1.29 is 23.4 Å². The Balaban J connectivity index is 2.11. The Morgan fingerprint density at radius 3 is 2.79 bits per heavy atom. The number of pyridine rings is 1. The molecule has 0 spiro atoms. The first-order valence-corrected chi connectivity index (χ1v) is 7.48. The second-order valence-corrected chi connectivity index (χ2v) is 5.72. The molecule has 0 saturated carbocycles. The molecule has 1 aromatic heterocycles. The highest BCUT2D eigenvalue weighted by Crippen LogP contribution is 2.44. The lowest BCUT2D eigenvalue weighted by molar-refractivity contribution is -0.193. The molecule has 2 aromatic rings. The lowest BCUT2D eigenvalue weighted by atomic mass is 10.1. The van der Waals surface area contributed by atoms with Crippen LogP contribution >= 0.6 is 11.6 Å². The summed E-state index contributed by atoms with van der Waals surface area (Å²) in [5.41, 5.74) is 0.571. The summed E-state index contributed by atoms with van der Waals surface area (Å²) in [4.78, 5) is 17.0. The number of nitrogens with zero attached hydrogens (tertiary/aromatic N) is 2. The van der Waals surface area contributed by atoms with Crippen LogP contribution in [0.25, 0.3) is 0 Å². The molecule has 0 aliphatic carbocycles. The van der Waals surface area contributed by atoms with Crippen LogP contribution in [0, 0.1) is 0 Å². The van der Waals surface area contributed by atoms with Gasteiger partial charge in [-0.05, 0) is 25.1 Å². The highest BCUT2D eigenvalue weighted by atomic mass is 35.5. The number of carbonyl (C=O) groups is 1. The van der Waals surface area contributed by atoms with E-state index in [4.69, 9.17) is 11.6 Å². The SMILES string of the molecule is CC(O)c1cccc2c1OC(F)(F)C(=O)N2Cc1ncccc1Cl. The lowest BCUT2D eigenvalue weighted by Crippen LogP contribution is -2.50. The van der Waals surface area contributed by atoms with E-state index in [1.165, 1.54) is 25.3 Å². The summed E-state index contributed by atoms with van der Waals surface area (Å²) in [6, 6.07) is 7.63. The molecule has 1 aliphatic heterocycles. The topological polar surface area (TPSA) is 62.7 Å². The predicted octanol–water partition coefficient (Wildman–Crippen LogP) is 3.31. The molecule has 5 nitrogen and oxygen atoms in total. The van der Waals surface area contributed by atoms with E-state index in [0.717, 1.165) is 4.90 Å². The third-order valence-corrected chi connectivity index (χ3v) is 3.98. The van der Waals surface area contributed by atoms with Gasteiger partial charge >= 0.3 is 12.0 Å². The van der Waals surface area contributed by atoms with Crippen LogP contribution in [0.15, 0.2) is 36.5 Å². The van der Waals surface area contributed by atoms with Crippen LogP contribution in [0.5, 0.6) is 5.75 Å². The van der Waals surface area contributed by atoms with Gasteiger partial charge in [-0.2, -0.15) is 8.78 Å². The summed E-state index contributed by atoms with van der Waals surface area (Å²) < 4.78 is 32.6. The number of aliphatic hydroxyl groups is 1. The van der Waals surface area contributed by atoms with Gasteiger partial charge in [-0.3, -0.25) is 14.7 Å². The van der Waals surface area contributed by atoms with Crippen molar-refractivity contribution in [2.75, 3.05) is 4.90 Å². The average molecular weight is 355 g/mol. The number of benzene rings is 1. The first-order chi connectivity index (χ1) is 11.3. The minimum absolute atomic E-state index is 0.131. The normalized spacial score (nSPS) is 17.2. The summed E-state index contributed by atoms with van der Waals surface area (Å²) in [6.07, 6.45) is -3.62. The Morgan fingerprint density at radius 2 is 2.12 bits per heavy atom. The van der Waals surface area contributed by atoms with Gasteiger partial charge in [-0.25, -0.2) is 0 Å². The summed E-state index contributed by atoms with van der Waals surface area (Å²) in [6.45, 7) is 1.18. The highest BCUT2D eigenvalue weighted by Gasteiger charge is 2.51. The number of amides is 1. The van der Waals surface area contributed by atoms with Crippen molar-refractivity contribution >= 4 is 23.2 Å². The van der Waals surface area contributed by atoms with E-state index < -0.39 is 18.1 Å². The van der Waals surface area contributed by atoms with Crippen LogP contribution in [0.4, 0.5) is 14.5 Å². The van der Waals surface area contributed by atoms with Crippen LogP contribution in [0.2, 0.25) is 5.02 Å². The first kappa shape index (κ1) is 16.6. The van der Waals surface area contributed by atoms with Crippen LogP contribution in [0.1, 0.15) is 24.3 Å². The number of alkyl halides is 2. The molecule has 1 atom stereocenters. The van der Waals surface area contributed by atoms with Gasteiger partial charge in [0.15, 0.2) is 5.75 Å². The van der Waals surface area contributed by atoms with Gasteiger partial charge in [0.05, 0.1) is 29.1 Å². The van der Waals surface area contributed by atoms with Crippen molar-refractivity contribution in [1.29, 1.82) is 0 Å². The zero-order valence-electron chi connectivity index (χ0n) is 12.5. The van der Waals surface area contributed by atoms with Crippen LogP contribution in [-0.4, -0.2) is 22.1 Å². The summed E-state index contributed by atoms with van der Waals surface area (Å²) in [7, 11) is 0. The third-order valence-electron chi connectivity index (χ3n) is 3.63. The Kier molecular flexibility index (Phi) is 4.15. The Hall–Kier alpha value is -2.25. The molecule has 0 saturated heterocycles. The molecule has 0 bridgehead atoms. The Bertz CT molecular complexity index is 799. The van der Waals surface area contributed by atoms with Gasteiger partial charge in [0, 0.05) is 11.8 Å². The third kappa shape index (κ3) is 2.81. The maximum absolute atomic E-state index is 14.0. The number of carbonyl (C=O) groups excluding carboxylic acids is 1. The summed E-state index contributed by atoms with van der Waals surface area (Å²) >= 11 is 6.01. The fourth-order valence-electron chi connectivity index (χ4n) is 2.47. The van der Waals surface area contributed by atoms with Crippen LogP contribution in [0.3, 0.4) is 0 Å². The smallest absolute Gasteiger partial charge is 0.423 e. The van der Waals surface area contributed by atoms with E-state index in [1.807, 2.05) is 0 Å². The number of hydrogen-bond donors (Lipinski definition) is 1. The number of fused-ring (bicyclic) bond motifs is 1. The number of anilines is 1. The van der Waals surface area contributed by atoms with Gasteiger partial charge in [0.25, 0.3) is 0 Å². The van der Waals surface area contributed by atoms with E-state index in [-0.39, 0.29) is 34.3 Å². The molecule has 1 aliphatic rings. The van der Waals surface area contributed by atoms with Gasteiger partial charge in [0.1, 0.15) is 0 Å². The molecule has 0 radical (unpaired) electrons. The quantitative estimate of drug-likeness (QED) is 0.918. The minimum Gasteiger partial charge on any atom is -0.423 e. The maximum Gasteiger partial charge on any atom is 0.483 e. The molecule has 0 fully saturated rings. The molecule has 1 N–H and O–H groups in total. The number of halogens is 3. The molecule has 3 rings (SSSR count). The lowest BCUT2D eigenvalue weighted by Gasteiger charge is -2.34. The molecule has 2 heterocycles. The molecule has 8 heteroatoms. The number of hydrogen-bond acceptors (Lipinski definition) is 4. The van der Waals surface area contributed by atoms with E-state index in [9.17, 15) is 18.7 Å². The van der Waals surface area contributed by atoms with Crippen LogP contribution < -0.4 is 9.64 Å². The van der Waals surface area contributed by atoms with E-state index >= 15 is 0 Å². The molecular weight excluding hydrogens is 342 g/mol. The predicted molar refractivity (Wildman–Crippen MR) is 83.1 cm³/mol. The summed E-state index contributed by atoms with van der Waals surface area (Å²) in [5, 5.41) is 10.0.